The molecule has 28 heavy (non-hydrogen) atoms. The number of benzene rings is 2. The van der Waals surface area contributed by atoms with Crippen LogP contribution in [0.15, 0.2) is 79.1 Å². The summed E-state index contributed by atoms with van der Waals surface area (Å²) in [5.74, 6) is 0.441. The Morgan fingerprint density at radius 3 is 2.54 bits per heavy atom. The number of carbonyl (C=O) groups excluding carboxylic acids is 1. The number of hydrogen-bond donors (Lipinski definition) is 2. The zero-order valence-corrected chi connectivity index (χ0v) is 15.2. The molecule has 0 saturated carbocycles. The fraction of sp³-hybridized carbons (Fsp3) is 0.0455. The summed E-state index contributed by atoms with van der Waals surface area (Å²) in [4.78, 5) is 21.2. The molecular formula is C22H18N4O2. The number of amides is 1. The van der Waals surface area contributed by atoms with E-state index in [0.29, 0.717) is 11.4 Å². The molecule has 2 aromatic heterocycles. The van der Waals surface area contributed by atoms with Crippen LogP contribution >= 0.6 is 0 Å². The zero-order chi connectivity index (χ0) is 19.3. The highest BCUT2D eigenvalue weighted by Crippen LogP contribution is 2.25. The Morgan fingerprint density at radius 2 is 1.71 bits per heavy atom. The lowest BCUT2D eigenvalue weighted by Crippen LogP contribution is -2.13. The first-order chi connectivity index (χ1) is 13.7. The number of nitrogens with one attached hydrogen (secondary N) is 2. The van der Waals surface area contributed by atoms with Gasteiger partial charge in [-0.2, -0.15) is 0 Å². The second kappa shape index (κ2) is 7.75. The van der Waals surface area contributed by atoms with Crippen molar-refractivity contribution in [3.63, 3.8) is 0 Å². The van der Waals surface area contributed by atoms with Crippen LogP contribution in [0, 0.1) is 0 Å². The molecular weight excluding hydrogens is 352 g/mol. The van der Waals surface area contributed by atoms with E-state index in [9.17, 15) is 4.79 Å². The van der Waals surface area contributed by atoms with Crippen LogP contribution in [0.4, 0.5) is 17.1 Å². The smallest absolute Gasteiger partial charge is 0.274 e. The fourth-order valence-corrected chi connectivity index (χ4v) is 2.86. The molecule has 4 aromatic rings. The average Bonchev–Trinajstić information content (AvgIpc) is 2.75. The van der Waals surface area contributed by atoms with Gasteiger partial charge < -0.3 is 15.4 Å². The van der Waals surface area contributed by atoms with Crippen molar-refractivity contribution >= 4 is 33.9 Å². The van der Waals surface area contributed by atoms with E-state index in [1.807, 2.05) is 36.4 Å². The summed E-state index contributed by atoms with van der Waals surface area (Å²) in [6.45, 7) is 0. The first kappa shape index (κ1) is 17.5. The number of anilines is 3. The lowest BCUT2D eigenvalue weighted by atomic mass is 10.2. The van der Waals surface area contributed by atoms with E-state index in [-0.39, 0.29) is 5.91 Å². The molecule has 138 valence electrons. The van der Waals surface area contributed by atoms with Gasteiger partial charge in [-0.15, -0.1) is 0 Å². The summed E-state index contributed by atoms with van der Waals surface area (Å²) >= 11 is 0. The highest BCUT2D eigenvalue weighted by Gasteiger charge is 2.10. The molecule has 0 aliphatic carbocycles. The summed E-state index contributed by atoms with van der Waals surface area (Å²) in [5.41, 5.74) is 3.48. The predicted octanol–water partition coefficient (Wildman–Crippen LogP) is 4.63. The standard InChI is InChI=1S/C22H18N4O2/c1-28-18-9-7-16(8-10-18)26-22(27)20-14-17(11-13-23-20)25-19-6-2-4-15-5-3-12-24-21(15)19/h2-14H,1H3,(H,23,25)(H,26,27). The van der Waals surface area contributed by atoms with Gasteiger partial charge in [0.2, 0.25) is 0 Å². The van der Waals surface area contributed by atoms with Crippen LogP contribution in [0.1, 0.15) is 10.5 Å². The van der Waals surface area contributed by atoms with Crippen molar-refractivity contribution in [1.29, 1.82) is 0 Å². The van der Waals surface area contributed by atoms with Gasteiger partial charge in [0.1, 0.15) is 11.4 Å². The quantitative estimate of drug-likeness (QED) is 0.535. The zero-order valence-electron chi connectivity index (χ0n) is 15.2. The summed E-state index contributed by atoms with van der Waals surface area (Å²) in [7, 11) is 1.60. The van der Waals surface area contributed by atoms with Crippen LogP contribution in [-0.2, 0) is 0 Å². The van der Waals surface area contributed by atoms with Crippen molar-refractivity contribution in [3.05, 3.63) is 84.8 Å². The number of hydrogen-bond acceptors (Lipinski definition) is 5. The monoisotopic (exact) mass is 370 g/mol. The molecule has 0 bridgehead atoms. The van der Waals surface area contributed by atoms with E-state index >= 15 is 0 Å². The highest BCUT2D eigenvalue weighted by atomic mass is 16.5. The minimum atomic E-state index is -0.287. The summed E-state index contributed by atoms with van der Waals surface area (Å²) in [6.07, 6.45) is 3.36. The molecule has 0 spiro atoms. The maximum Gasteiger partial charge on any atom is 0.274 e. The van der Waals surface area contributed by atoms with Gasteiger partial charge in [0.25, 0.3) is 5.91 Å². The molecule has 0 unspecified atom stereocenters. The number of para-hydroxylation sites is 1. The van der Waals surface area contributed by atoms with Gasteiger partial charge in [0.05, 0.1) is 18.3 Å². The van der Waals surface area contributed by atoms with Crippen molar-refractivity contribution < 1.29 is 9.53 Å². The van der Waals surface area contributed by atoms with Crippen LogP contribution in [0.3, 0.4) is 0 Å². The van der Waals surface area contributed by atoms with Crippen LogP contribution in [0.2, 0.25) is 0 Å². The lowest BCUT2D eigenvalue weighted by molar-refractivity contribution is 0.102. The third-order valence-electron chi connectivity index (χ3n) is 4.25. The molecule has 0 aliphatic heterocycles. The van der Waals surface area contributed by atoms with Crippen molar-refractivity contribution in [2.24, 2.45) is 0 Å². The summed E-state index contributed by atoms with van der Waals surface area (Å²) in [5, 5.41) is 7.20. The molecule has 2 aromatic carbocycles. The number of fused-ring (bicyclic) bond motifs is 1. The fourth-order valence-electron chi connectivity index (χ4n) is 2.86. The third kappa shape index (κ3) is 3.76. The first-order valence-electron chi connectivity index (χ1n) is 8.75. The topological polar surface area (TPSA) is 76.1 Å². The molecule has 0 fully saturated rings. The maximum atomic E-state index is 12.5. The predicted molar refractivity (Wildman–Crippen MR) is 110 cm³/mol. The SMILES string of the molecule is COc1ccc(NC(=O)c2cc(Nc3cccc4cccnc34)ccn2)cc1. The lowest BCUT2D eigenvalue weighted by Gasteiger charge is -2.10. The van der Waals surface area contributed by atoms with Gasteiger partial charge in [-0.3, -0.25) is 14.8 Å². The molecule has 2 heterocycles. The minimum absolute atomic E-state index is 0.287. The van der Waals surface area contributed by atoms with Gasteiger partial charge in [0.15, 0.2) is 0 Å². The Labute approximate surface area is 162 Å². The second-order valence-corrected chi connectivity index (χ2v) is 6.12. The highest BCUT2D eigenvalue weighted by molar-refractivity contribution is 6.03. The number of pyridine rings is 2. The molecule has 0 aliphatic rings. The van der Waals surface area contributed by atoms with E-state index in [1.165, 1.54) is 0 Å². The van der Waals surface area contributed by atoms with Gasteiger partial charge >= 0.3 is 0 Å². The van der Waals surface area contributed by atoms with Crippen molar-refractivity contribution in [2.45, 2.75) is 0 Å². The summed E-state index contributed by atoms with van der Waals surface area (Å²) in [6, 6.07) is 20.5. The second-order valence-electron chi connectivity index (χ2n) is 6.12. The van der Waals surface area contributed by atoms with Crippen molar-refractivity contribution in [1.82, 2.24) is 9.97 Å². The number of carbonyl (C=O) groups is 1. The number of rotatable bonds is 5. The molecule has 6 heteroatoms. The Morgan fingerprint density at radius 1 is 0.893 bits per heavy atom. The van der Waals surface area contributed by atoms with Crippen LogP contribution < -0.4 is 15.4 Å². The minimum Gasteiger partial charge on any atom is -0.497 e. The Balaban J connectivity index is 1.54. The van der Waals surface area contributed by atoms with E-state index in [4.69, 9.17) is 4.74 Å². The van der Waals surface area contributed by atoms with E-state index in [2.05, 4.69) is 20.6 Å². The van der Waals surface area contributed by atoms with Gasteiger partial charge in [-0.25, -0.2) is 0 Å². The normalized spacial score (nSPS) is 10.5. The number of aromatic nitrogens is 2. The van der Waals surface area contributed by atoms with Crippen LogP contribution in [0.5, 0.6) is 5.75 Å². The first-order valence-corrected chi connectivity index (χ1v) is 8.75. The summed E-state index contributed by atoms with van der Waals surface area (Å²) < 4.78 is 5.12. The Hall–Kier alpha value is -3.93. The number of nitrogens with zero attached hydrogens (tertiary/aromatic N) is 2. The van der Waals surface area contributed by atoms with Crippen molar-refractivity contribution in [3.8, 4) is 5.75 Å². The maximum absolute atomic E-state index is 12.5. The molecule has 6 nitrogen and oxygen atoms in total. The number of ether oxygens (including phenoxy) is 1. The number of methoxy groups -OCH3 is 1. The van der Waals surface area contributed by atoms with Crippen LogP contribution in [-0.4, -0.2) is 23.0 Å². The van der Waals surface area contributed by atoms with E-state index in [1.54, 1.807) is 49.8 Å². The van der Waals surface area contributed by atoms with Crippen LogP contribution in [0.25, 0.3) is 10.9 Å². The van der Waals surface area contributed by atoms with Gasteiger partial charge in [0, 0.05) is 29.2 Å². The molecule has 0 saturated heterocycles. The van der Waals surface area contributed by atoms with Gasteiger partial charge in [-0.1, -0.05) is 18.2 Å². The Kier molecular flexibility index (Phi) is 4.84. The molecule has 0 atom stereocenters. The molecule has 1 amide bonds. The van der Waals surface area contributed by atoms with Gasteiger partial charge in [-0.05, 0) is 48.5 Å². The van der Waals surface area contributed by atoms with E-state index < -0.39 is 0 Å². The third-order valence-corrected chi connectivity index (χ3v) is 4.25. The van der Waals surface area contributed by atoms with Crippen molar-refractivity contribution in [2.75, 3.05) is 17.7 Å². The Bertz CT molecular complexity index is 1120. The molecule has 2 N–H and O–H groups in total. The van der Waals surface area contributed by atoms with E-state index in [0.717, 1.165) is 28.0 Å². The average molecular weight is 370 g/mol. The molecule has 0 radical (unpaired) electrons. The largest absolute Gasteiger partial charge is 0.497 e. The molecule has 4 rings (SSSR count).